The van der Waals surface area contributed by atoms with Crippen molar-refractivity contribution in [3.8, 4) is 0 Å². The molecular weight excluding hydrogens is 490 g/mol. The lowest BCUT2D eigenvalue weighted by Gasteiger charge is -2.31. The van der Waals surface area contributed by atoms with Crippen LogP contribution in [0.2, 0.25) is 5.02 Å². The van der Waals surface area contributed by atoms with E-state index in [1.165, 1.54) is 31.0 Å². The van der Waals surface area contributed by atoms with Gasteiger partial charge in [0.2, 0.25) is 0 Å². The topological polar surface area (TPSA) is 96.0 Å². The van der Waals surface area contributed by atoms with Crippen LogP contribution in [0.1, 0.15) is 54.4 Å². The van der Waals surface area contributed by atoms with Crippen LogP contribution >= 0.6 is 11.6 Å². The molecule has 0 radical (unpaired) electrons. The molecule has 0 bridgehead atoms. The van der Waals surface area contributed by atoms with Crippen molar-refractivity contribution in [3.05, 3.63) is 58.6 Å². The first-order valence-electron chi connectivity index (χ1n) is 11.8. The maximum atomic E-state index is 13.4. The number of sulfonamides is 1. The number of carbonyl (C=O) groups excluding carboxylic acids is 2. The first-order chi connectivity index (χ1) is 16.8. The van der Waals surface area contributed by atoms with E-state index in [4.69, 9.17) is 16.3 Å². The summed E-state index contributed by atoms with van der Waals surface area (Å²) in [5.41, 5.74) is 1.31. The minimum atomic E-state index is -4.07. The monoisotopic (exact) mass is 519 g/mol. The highest BCUT2D eigenvalue weighted by atomic mass is 35.5. The quantitative estimate of drug-likeness (QED) is 0.525. The molecule has 1 heterocycles. The number of ether oxygens (including phenoxy) is 1. The van der Waals surface area contributed by atoms with Gasteiger partial charge in [0.15, 0.2) is 0 Å². The second kappa shape index (κ2) is 11.0. The Hall–Kier alpha value is -2.62. The zero-order valence-electron chi connectivity index (χ0n) is 19.7. The van der Waals surface area contributed by atoms with Gasteiger partial charge in [-0.1, -0.05) is 49.4 Å². The molecule has 3 amide bonds. The van der Waals surface area contributed by atoms with E-state index in [9.17, 15) is 18.0 Å². The molecule has 2 aromatic rings. The maximum Gasteiger partial charge on any atom is 0.336 e. The SMILES string of the molecule is COCCN(C(=O)c1ccc(CN2C(=O)Nc3ccc(Cl)cc3S2(=O)=O)cc1)C1CCCCCC1. The fraction of sp³-hybridized carbons (Fsp3) is 0.440. The second-order valence-corrected chi connectivity index (χ2v) is 11.2. The van der Waals surface area contributed by atoms with E-state index in [1.54, 1.807) is 31.4 Å². The van der Waals surface area contributed by atoms with Gasteiger partial charge in [-0.25, -0.2) is 17.5 Å². The van der Waals surface area contributed by atoms with Crippen molar-refractivity contribution >= 4 is 39.2 Å². The molecule has 0 spiro atoms. The molecule has 1 N–H and O–H groups in total. The molecule has 1 fully saturated rings. The first kappa shape index (κ1) is 25.5. The van der Waals surface area contributed by atoms with Gasteiger partial charge < -0.3 is 15.0 Å². The van der Waals surface area contributed by atoms with Crippen LogP contribution in [0.25, 0.3) is 0 Å². The van der Waals surface area contributed by atoms with E-state index in [-0.39, 0.29) is 34.1 Å². The summed E-state index contributed by atoms with van der Waals surface area (Å²) in [6.45, 7) is 0.828. The van der Waals surface area contributed by atoms with E-state index in [0.717, 1.165) is 30.0 Å². The highest BCUT2D eigenvalue weighted by Crippen LogP contribution is 2.33. The average Bonchev–Trinajstić information content (AvgIpc) is 3.12. The van der Waals surface area contributed by atoms with Crippen LogP contribution in [0.5, 0.6) is 0 Å². The number of rotatable bonds is 7. The van der Waals surface area contributed by atoms with Gasteiger partial charge in [-0.05, 0) is 48.7 Å². The number of anilines is 1. The van der Waals surface area contributed by atoms with Gasteiger partial charge >= 0.3 is 6.03 Å². The number of benzene rings is 2. The average molecular weight is 520 g/mol. The van der Waals surface area contributed by atoms with Crippen molar-refractivity contribution in [1.82, 2.24) is 9.21 Å². The number of hydrogen-bond acceptors (Lipinski definition) is 5. The van der Waals surface area contributed by atoms with E-state index in [1.807, 2.05) is 4.90 Å². The van der Waals surface area contributed by atoms with Gasteiger partial charge in [0, 0.05) is 30.3 Å². The number of urea groups is 1. The molecule has 0 aromatic heterocycles. The number of carbonyl (C=O) groups is 2. The molecule has 188 valence electrons. The van der Waals surface area contributed by atoms with Crippen LogP contribution in [0.15, 0.2) is 47.4 Å². The van der Waals surface area contributed by atoms with Gasteiger partial charge in [0.25, 0.3) is 15.9 Å². The first-order valence-corrected chi connectivity index (χ1v) is 13.6. The normalized spacial score (nSPS) is 17.9. The lowest BCUT2D eigenvalue weighted by atomic mass is 10.0. The fourth-order valence-corrected chi connectivity index (χ4v) is 6.40. The van der Waals surface area contributed by atoms with E-state index >= 15 is 0 Å². The van der Waals surface area contributed by atoms with Gasteiger partial charge in [-0.3, -0.25) is 4.79 Å². The molecule has 10 heteroatoms. The second-order valence-electron chi connectivity index (χ2n) is 8.92. The number of hydrogen-bond donors (Lipinski definition) is 1. The van der Waals surface area contributed by atoms with E-state index in [0.29, 0.717) is 24.3 Å². The Morgan fingerprint density at radius 2 is 1.80 bits per heavy atom. The smallest absolute Gasteiger partial charge is 0.336 e. The highest BCUT2D eigenvalue weighted by molar-refractivity contribution is 7.90. The minimum absolute atomic E-state index is 0.0476. The van der Waals surface area contributed by atoms with Crippen LogP contribution in [0, 0.1) is 0 Å². The predicted octanol–water partition coefficient (Wildman–Crippen LogP) is 4.89. The van der Waals surface area contributed by atoms with E-state index in [2.05, 4.69) is 5.32 Å². The van der Waals surface area contributed by atoms with Crippen molar-refractivity contribution in [2.45, 2.75) is 56.0 Å². The predicted molar refractivity (Wildman–Crippen MR) is 134 cm³/mol. The van der Waals surface area contributed by atoms with Crippen LogP contribution < -0.4 is 5.32 Å². The third-order valence-corrected chi connectivity index (χ3v) is 8.57. The molecule has 2 aromatic carbocycles. The summed E-state index contributed by atoms with van der Waals surface area (Å²) in [5.74, 6) is -0.0626. The third kappa shape index (κ3) is 5.63. The Bertz CT molecular complexity index is 1180. The lowest BCUT2D eigenvalue weighted by molar-refractivity contribution is 0.0581. The summed E-state index contributed by atoms with van der Waals surface area (Å²) in [6, 6.07) is 10.5. The Balaban J connectivity index is 1.52. The summed E-state index contributed by atoms with van der Waals surface area (Å²) < 4.78 is 32.2. The van der Waals surface area contributed by atoms with Crippen molar-refractivity contribution in [1.29, 1.82) is 0 Å². The third-order valence-electron chi connectivity index (χ3n) is 6.57. The minimum Gasteiger partial charge on any atom is -0.383 e. The summed E-state index contributed by atoms with van der Waals surface area (Å²) in [6.07, 6.45) is 6.59. The Labute approximate surface area is 211 Å². The van der Waals surface area contributed by atoms with Crippen LogP contribution in [-0.2, 0) is 21.3 Å². The fourth-order valence-electron chi connectivity index (χ4n) is 4.67. The summed E-state index contributed by atoms with van der Waals surface area (Å²) in [7, 11) is -2.45. The molecule has 2 aliphatic rings. The van der Waals surface area contributed by atoms with Gasteiger partial charge in [0.05, 0.1) is 18.8 Å². The Kier molecular flexibility index (Phi) is 7.98. The highest BCUT2D eigenvalue weighted by Gasteiger charge is 2.37. The molecule has 1 aliphatic carbocycles. The number of amides is 3. The van der Waals surface area contributed by atoms with E-state index < -0.39 is 16.1 Å². The molecule has 0 saturated heterocycles. The molecule has 1 aliphatic heterocycles. The number of halogens is 1. The number of fused-ring (bicyclic) bond motifs is 1. The molecular formula is C25H30ClN3O5S. The molecule has 0 unspecified atom stereocenters. The van der Waals surface area contributed by atoms with Crippen molar-refractivity contribution in [2.75, 3.05) is 25.6 Å². The molecule has 8 nitrogen and oxygen atoms in total. The van der Waals surface area contributed by atoms with Crippen LogP contribution in [0.3, 0.4) is 0 Å². The molecule has 1 saturated carbocycles. The van der Waals surface area contributed by atoms with Gasteiger partial charge in [-0.2, -0.15) is 0 Å². The summed E-state index contributed by atoms with van der Waals surface area (Å²) >= 11 is 5.98. The standard InChI is InChI=1S/C25H30ClN3O5S/c1-34-15-14-28(21-6-4-2-3-5-7-21)24(30)19-10-8-18(9-11-19)17-29-25(31)27-22-13-12-20(26)16-23(22)35(29,32)33/h8-13,16,21H,2-7,14-15,17H2,1H3,(H,27,31). The molecule has 0 atom stereocenters. The maximum absolute atomic E-state index is 13.4. The van der Waals surface area contributed by atoms with Crippen molar-refractivity contribution in [2.24, 2.45) is 0 Å². The van der Waals surface area contributed by atoms with Crippen LogP contribution in [-0.4, -0.2) is 55.9 Å². The lowest BCUT2D eigenvalue weighted by Crippen LogP contribution is -2.43. The zero-order valence-corrected chi connectivity index (χ0v) is 21.3. The number of nitrogens with one attached hydrogen (secondary N) is 1. The van der Waals surface area contributed by atoms with Gasteiger partial charge in [0.1, 0.15) is 4.90 Å². The largest absolute Gasteiger partial charge is 0.383 e. The number of nitrogens with zero attached hydrogens (tertiary/aromatic N) is 2. The Morgan fingerprint density at radius 3 is 2.46 bits per heavy atom. The number of methoxy groups -OCH3 is 1. The Morgan fingerprint density at radius 1 is 1.11 bits per heavy atom. The summed E-state index contributed by atoms with van der Waals surface area (Å²) in [5, 5.41) is 2.86. The van der Waals surface area contributed by atoms with Gasteiger partial charge in [-0.15, -0.1) is 0 Å². The zero-order chi connectivity index (χ0) is 25.0. The van der Waals surface area contributed by atoms with Crippen molar-refractivity contribution in [3.63, 3.8) is 0 Å². The molecule has 35 heavy (non-hydrogen) atoms. The molecule has 4 rings (SSSR count). The summed E-state index contributed by atoms with van der Waals surface area (Å²) in [4.78, 5) is 27.8. The van der Waals surface area contributed by atoms with Crippen molar-refractivity contribution < 1.29 is 22.7 Å². The van der Waals surface area contributed by atoms with Crippen LogP contribution in [0.4, 0.5) is 10.5 Å².